The molecule has 2 heterocycles. The van der Waals surface area contributed by atoms with Crippen LogP contribution in [-0.4, -0.2) is 40.8 Å². The zero-order valence-corrected chi connectivity index (χ0v) is 18.3. The number of aromatic amines is 1. The number of H-pyrrole nitrogens is 1. The fourth-order valence-corrected chi connectivity index (χ4v) is 3.99. The van der Waals surface area contributed by atoms with Gasteiger partial charge in [-0.1, -0.05) is 12.1 Å². The molecule has 3 aromatic rings. The first-order valence-electron chi connectivity index (χ1n) is 9.99. The highest BCUT2D eigenvalue weighted by Gasteiger charge is 2.24. The van der Waals surface area contributed by atoms with Crippen molar-refractivity contribution in [2.24, 2.45) is 0 Å². The summed E-state index contributed by atoms with van der Waals surface area (Å²) in [5.41, 5.74) is 2.86. The number of rotatable bonds is 5. The number of thioether (sulfide) groups is 1. The summed E-state index contributed by atoms with van der Waals surface area (Å²) in [5, 5.41) is 2.90. The first kappa shape index (κ1) is 21.0. The highest BCUT2D eigenvalue weighted by molar-refractivity contribution is 7.98. The van der Waals surface area contributed by atoms with Crippen LogP contribution in [0.15, 0.2) is 58.2 Å². The van der Waals surface area contributed by atoms with Crippen LogP contribution in [0.5, 0.6) is 5.75 Å². The number of carbonyl (C=O) groups excluding carboxylic acids is 1. The van der Waals surface area contributed by atoms with Crippen LogP contribution in [-0.2, 0) is 19.4 Å². The summed E-state index contributed by atoms with van der Waals surface area (Å²) in [6.45, 7) is 0.753. The Morgan fingerprint density at radius 2 is 2.06 bits per heavy atom. The largest absolute Gasteiger partial charge is 0.497 e. The molecule has 0 unspecified atom stereocenters. The molecule has 160 valence electrons. The number of aromatic nitrogens is 2. The number of nitrogens with one attached hydrogen (secondary N) is 2. The van der Waals surface area contributed by atoms with Crippen molar-refractivity contribution in [1.82, 2.24) is 14.9 Å². The molecular formula is C23H24N4O3S. The molecule has 1 aliphatic heterocycles. The molecule has 0 radical (unpaired) electrons. The number of amides is 2. The van der Waals surface area contributed by atoms with Crippen LogP contribution in [0, 0.1) is 0 Å². The van der Waals surface area contributed by atoms with E-state index in [1.807, 2.05) is 54.8 Å². The fourth-order valence-electron chi connectivity index (χ4n) is 3.59. The number of hydrogen-bond donors (Lipinski definition) is 2. The molecule has 0 fully saturated rings. The van der Waals surface area contributed by atoms with E-state index in [9.17, 15) is 9.59 Å². The second-order valence-corrected chi connectivity index (χ2v) is 8.18. The Morgan fingerprint density at radius 3 is 2.81 bits per heavy atom. The number of fused-ring (bicyclic) bond motifs is 1. The van der Waals surface area contributed by atoms with Gasteiger partial charge in [0, 0.05) is 30.0 Å². The maximum Gasteiger partial charge on any atom is 0.322 e. The lowest BCUT2D eigenvalue weighted by atomic mass is 10.1. The Morgan fingerprint density at radius 1 is 1.26 bits per heavy atom. The molecule has 8 heteroatoms. The Hall–Kier alpha value is -3.26. The van der Waals surface area contributed by atoms with Gasteiger partial charge in [-0.05, 0) is 48.2 Å². The van der Waals surface area contributed by atoms with Crippen molar-refractivity contribution in [2.45, 2.75) is 24.3 Å². The summed E-state index contributed by atoms with van der Waals surface area (Å²) in [6, 6.07) is 15.1. The lowest BCUT2D eigenvalue weighted by Gasteiger charge is -2.28. The smallest absolute Gasteiger partial charge is 0.322 e. The van der Waals surface area contributed by atoms with Gasteiger partial charge in [-0.25, -0.2) is 9.78 Å². The third kappa shape index (κ3) is 4.91. The van der Waals surface area contributed by atoms with Gasteiger partial charge in [-0.15, -0.1) is 11.8 Å². The maximum atomic E-state index is 12.7. The van der Waals surface area contributed by atoms with Crippen LogP contribution in [0.2, 0.25) is 0 Å². The number of ether oxygens (including phenoxy) is 1. The molecule has 2 N–H and O–H groups in total. The summed E-state index contributed by atoms with van der Waals surface area (Å²) in [7, 11) is 1.62. The fraction of sp³-hybridized carbons (Fsp3) is 0.261. The van der Waals surface area contributed by atoms with Crippen molar-refractivity contribution in [1.29, 1.82) is 0 Å². The number of urea groups is 1. The van der Waals surface area contributed by atoms with Crippen molar-refractivity contribution in [2.75, 3.05) is 25.2 Å². The molecule has 0 saturated carbocycles. The van der Waals surface area contributed by atoms with Crippen LogP contribution in [0.3, 0.4) is 0 Å². The summed E-state index contributed by atoms with van der Waals surface area (Å²) in [6.07, 6.45) is 3.06. The number of benzene rings is 2. The molecule has 4 rings (SSSR count). The third-order valence-electron chi connectivity index (χ3n) is 5.25. The van der Waals surface area contributed by atoms with Crippen molar-refractivity contribution in [3.8, 4) is 5.75 Å². The van der Waals surface area contributed by atoms with Gasteiger partial charge in [0.15, 0.2) is 0 Å². The topological polar surface area (TPSA) is 87.3 Å². The number of hydrogen-bond acceptors (Lipinski definition) is 5. The summed E-state index contributed by atoms with van der Waals surface area (Å²) in [5.74, 6) is 1.38. The predicted octanol–water partition coefficient (Wildman–Crippen LogP) is 3.68. The van der Waals surface area contributed by atoms with Gasteiger partial charge in [0.05, 0.1) is 24.9 Å². The van der Waals surface area contributed by atoms with Gasteiger partial charge in [-0.2, -0.15) is 0 Å². The SMILES string of the molecule is COc1cccc(Cc2nc3c(c(=O)[nH]2)CN(C(=O)Nc2ccc(SC)cc2)CC3)c1. The summed E-state index contributed by atoms with van der Waals surface area (Å²) < 4.78 is 5.26. The van der Waals surface area contributed by atoms with Crippen molar-refractivity contribution < 1.29 is 9.53 Å². The Bertz CT molecular complexity index is 1140. The zero-order chi connectivity index (χ0) is 21.8. The summed E-state index contributed by atoms with van der Waals surface area (Å²) >= 11 is 1.65. The average Bonchev–Trinajstić information content (AvgIpc) is 2.79. The average molecular weight is 437 g/mol. The van der Waals surface area contributed by atoms with Crippen molar-refractivity contribution in [3.05, 3.63) is 81.5 Å². The molecule has 7 nitrogen and oxygen atoms in total. The standard InChI is InChI=1S/C23H24N4O3S/c1-30-17-5-3-4-15(12-17)13-21-25-20-10-11-27(14-19(20)22(28)26-21)23(29)24-16-6-8-18(31-2)9-7-16/h3-9,12H,10-11,13-14H2,1-2H3,(H,24,29)(H,25,26,28). The summed E-state index contributed by atoms with van der Waals surface area (Å²) in [4.78, 5) is 35.7. The van der Waals surface area contributed by atoms with Gasteiger partial charge < -0.3 is 19.9 Å². The van der Waals surface area contributed by atoms with E-state index >= 15 is 0 Å². The van der Waals surface area contributed by atoms with E-state index in [-0.39, 0.29) is 18.1 Å². The van der Waals surface area contributed by atoms with E-state index in [4.69, 9.17) is 4.74 Å². The predicted molar refractivity (Wildman–Crippen MR) is 122 cm³/mol. The lowest BCUT2D eigenvalue weighted by Crippen LogP contribution is -2.42. The van der Waals surface area contributed by atoms with Gasteiger partial charge in [0.2, 0.25) is 0 Å². The highest BCUT2D eigenvalue weighted by Crippen LogP contribution is 2.20. The van der Waals surface area contributed by atoms with Crippen LogP contribution in [0.1, 0.15) is 22.6 Å². The Labute approximate surface area is 184 Å². The highest BCUT2D eigenvalue weighted by atomic mass is 32.2. The number of anilines is 1. The minimum Gasteiger partial charge on any atom is -0.497 e. The van der Waals surface area contributed by atoms with Crippen molar-refractivity contribution in [3.63, 3.8) is 0 Å². The molecule has 1 aromatic heterocycles. The van der Waals surface area contributed by atoms with Crippen LogP contribution in [0.4, 0.5) is 10.5 Å². The number of nitrogens with zero attached hydrogens (tertiary/aromatic N) is 2. The van der Waals surface area contributed by atoms with Gasteiger partial charge in [0.1, 0.15) is 11.6 Å². The second-order valence-electron chi connectivity index (χ2n) is 7.30. The molecule has 0 saturated heterocycles. The quantitative estimate of drug-likeness (QED) is 0.596. The number of methoxy groups -OCH3 is 1. The van der Waals surface area contributed by atoms with Crippen molar-refractivity contribution >= 4 is 23.5 Å². The molecule has 31 heavy (non-hydrogen) atoms. The van der Waals surface area contributed by atoms with Gasteiger partial charge in [0.25, 0.3) is 5.56 Å². The Kier molecular flexibility index (Phi) is 6.27. The first-order chi connectivity index (χ1) is 15.1. The minimum atomic E-state index is -0.220. The molecule has 0 bridgehead atoms. The van der Waals surface area contributed by atoms with Crippen LogP contribution in [0.25, 0.3) is 0 Å². The van der Waals surface area contributed by atoms with E-state index in [1.54, 1.807) is 23.8 Å². The minimum absolute atomic E-state index is 0.190. The number of carbonyl (C=O) groups is 1. The molecule has 1 aliphatic rings. The lowest BCUT2D eigenvalue weighted by molar-refractivity contribution is 0.205. The molecule has 2 amide bonds. The maximum absolute atomic E-state index is 12.7. The van der Waals surface area contributed by atoms with E-state index in [2.05, 4.69) is 15.3 Å². The van der Waals surface area contributed by atoms with Gasteiger partial charge >= 0.3 is 6.03 Å². The molecule has 2 aromatic carbocycles. The van der Waals surface area contributed by atoms with E-state index in [0.717, 1.165) is 27.6 Å². The van der Waals surface area contributed by atoms with E-state index in [1.165, 1.54) is 0 Å². The third-order valence-corrected chi connectivity index (χ3v) is 6.00. The zero-order valence-electron chi connectivity index (χ0n) is 17.5. The molecule has 0 atom stereocenters. The molecule has 0 spiro atoms. The Balaban J connectivity index is 1.46. The second kappa shape index (κ2) is 9.26. The molecular weight excluding hydrogens is 412 g/mol. The van der Waals surface area contributed by atoms with E-state index in [0.29, 0.717) is 30.8 Å². The van der Waals surface area contributed by atoms with Crippen LogP contribution >= 0.6 is 11.8 Å². The molecule has 0 aliphatic carbocycles. The normalized spacial score (nSPS) is 12.9. The van der Waals surface area contributed by atoms with E-state index < -0.39 is 0 Å². The van der Waals surface area contributed by atoms with Gasteiger partial charge in [-0.3, -0.25) is 4.79 Å². The monoisotopic (exact) mass is 436 g/mol. The first-order valence-corrected chi connectivity index (χ1v) is 11.2. The van der Waals surface area contributed by atoms with Crippen LogP contribution < -0.4 is 15.6 Å².